The zero-order chi connectivity index (χ0) is 13.8. The smallest absolute Gasteiger partial charge is 0.269 e. The van der Waals surface area contributed by atoms with Crippen molar-refractivity contribution in [3.8, 4) is 0 Å². The molecule has 1 aromatic carbocycles. The summed E-state index contributed by atoms with van der Waals surface area (Å²) in [5.41, 5.74) is -0.400. The number of benzene rings is 1. The van der Waals surface area contributed by atoms with Crippen molar-refractivity contribution in [1.82, 2.24) is 5.32 Å². The van der Waals surface area contributed by atoms with E-state index in [-0.39, 0.29) is 24.9 Å². The molecule has 1 rings (SSSR count). The Labute approximate surface area is 105 Å². The van der Waals surface area contributed by atoms with Gasteiger partial charge in [-0.25, -0.2) is 0 Å². The highest BCUT2D eigenvalue weighted by Gasteiger charge is 2.20. The molecule has 0 aromatic heterocycles. The van der Waals surface area contributed by atoms with E-state index in [1.165, 1.54) is 19.1 Å². The molecule has 6 nitrogen and oxygen atoms in total. The first-order valence-electron chi connectivity index (χ1n) is 5.67. The van der Waals surface area contributed by atoms with Crippen LogP contribution in [-0.2, 0) is 0 Å². The molecule has 0 saturated carbocycles. The number of nitro benzene ring substituents is 1. The maximum Gasteiger partial charge on any atom is 0.269 e. The fraction of sp³-hybridized carbons (Fsp3) is 0.500. The van der Waals surface area contributed by atoms with E-state index < -0.39 is 10.5 Å². The van der Waals surface area contributed by atoms with E-state index in [1.807, 2.05) is 6.92 Å². The van der Waals surface area contributed by atoms with E-state index >= 15 is 0 Å². The molecule has 100 valence electrons. The Hall–Kier alpha value is -1.50. The molecule has 6 heteroatoms. The molecule has 0 bridgehead atoms. The molecular formula is C12H18N2O4. The molecule has 0 fully saturated rings. The third-order valence-corrected chi connectivity index (χ3v) is 2.71. The van der Waals surface area contributed by atoms with Crippen LogP contribution >= 0.6 is 0 Å². The molecule has 2 unspecified atom stereocenters. The van der Waals surface area contributed by atoms with Crippen LogP contribution in [0.25, 0.3) is 0 Å². The fourth-order valence-electron chi connectivity index (χ4n) is 1.45. The minimum Gasteiger partial charge on any atom is -0.393 e. The second kappa shape index (κ2) is 5.90. The van der Waals surface area contributed by atoms with Gasteiger partial charge in [-0.15, -0.1) is 0 Å². The molecule has 18 heavy (non-hydrogen) atoms. The Morgan fingerprint density at radius 3 is 2.78 bits per heavy atom. The third-order valence-electron chi connectivity index (χ3n) is 2.71. The molecule has 0 radical (unpaired) electrons. The molecule has 0 aliphatic rings. The number of non-ortho nitro benzene ring substituents is 1. The van der Waals surface area contributed by atoms with Crippen molar-refractivity contribution in [3.05, 3.63) is 39.9 Å². The second-order valence-corrected chi connectivity index (χ2v) is 4.61. The van der Waals surface area contributed by atoms with Gasteiger partial charge in [0.15, 0.2) is 0 Å². The van der Waals surface area contributed by atoms with Gasteiger partial charge in [0.2, 0.25) is 0 Å². The van der Waals surface area contributed by atoms with Gasteiger partial charge in [0.05, 0.1) is 17.1 Å². The third kappa shape index (κ3) is 4.06. The van der Waals surface area contributed by atoms with Gasteiger partial charge in [-0.3, -0.25) is 10.1 Å². The molecule has 0 aliphatic carbocycles. The molecule has 0 amide bonds. The normalized spacial score (nSPS) is 16.0. The Balaban J connectivity index is 2.69. The predicted octanol–water partition coefficient (Wildman–Crippen LogP) is 0.989. The zero-order valence-electron chi connectivity index (χ0n) is 10.5. The van der Waals surface area contributed by atoms with E-state index in [4.69, 9.17) is 5.11 Å². The summed E-state index contributed by atoms with van der Waals surface area (Å²) in [7, 11) is 0. The van der Waals surface area contributed by atoms with Crippen molar-refractivity contribution in [2.24, 2.45) is 0 Å². The largest absolute Gasteiger partial charge is 0.393 e. The Morgan fingerprint density at radius 2 is 2.22 bits per heavy atom. The van der Waals surface area contributed by atoms with Crippen molar-refractivity contribution in [3.63, 3.8) is 0 Å². The lowest BCUT2D eigenvalue weighted by Crippen LogP contribution is -2.41. The average molecular weight is 254 g/mol. The molecular weight excluding hydrogens is 236 g/mol. The highest BCUT2D eigenvalue weighted by atomic mass is 16.6. The van der Waals surface area contributed by atoms with Crippen molar-refractivity contribution in [1.29, 1.82) is 0 Å². The lowest BCUT2D eigenvalue weighted by molar-refractivity contribution is -0.384. The minimum atomic E-state index is -1.20. The van der Waals surface area contributed by atoms with Crippen LogP contribution < -0.4 is 5.32 Å². The summed E-state index contributed by atoms with van der Waals surface area (Å²) in [6, 6.07) is 6.17. The summed E-state index contributed by atoms with van der Waals surface area (Å²) in [6.07, 6.45) is 0. The Kier molecular flexibility index (Phi) is 4.77. The van der Waals surface area contributed by atoms with Gasteiger partial charge in [0, 0.05) is 24.7 Å². The zero-order valence-corrected chi connectivity index (χ0v) is 10.5. The first kappa shape index (κ1) is 14.6. The van der Waals surface area contributed by atoms with Gasteiger partial charge in [-0.1, -0.05) is 12.1 Å². The Bertz CT molecular complexity index is 420. The summed E-state index contributed by atoms with van der Waals surface area (Å²) in [5, 5.41) is 32.2. The first-order valence-corrected chi connectivity index (χ1v) is 5.67. The van der Waals surface area contributed by atoms with Gasteiger partial charge in [-0.2, -0.15) is 0 Å². The molecule has 0 aliphatic heterocycles. The van der Waals surface area contributed by atoms with Crippen LogP contribution in [0.4, 0.5) is 5.69 Å². The number of nitrogens with one attached hydrogen (secondary N) is 1. The van der Waals surface area contributed by atoms with E-state index in [0.717, 1.165) is 5.56 Å². The maximum absolute atomic E-state index is 10.7. The van der Waals surface area contributed by atoms with Crippen LogP contribution in [-0.4, -0.2) is 33.9 Å². The number of rotatable bonds is 6. The molecule has 2 atom stereocenters. The van der Waals surface area contributed by atoms with Crippen LogP contribution in [0.3, 0.4) is 0 Å². The summed E-state index contributed by atoms with van der Waals surface area (Å²) in [5.74, 6) is 0. The lowest BCUT2D eigenvalue weighted by atomic mass is 10.1. The summed E-state index contributed by atoms with van der Waals surface area (Å²) in [6.45, 7) is 3.21. The molecule has 1 aromatic rings. The first-order chi connectivity index (χ1) is 8.35. The quantitative estimate of drug-likeness (QED) is 0.519. The number of aliphatic hydroxyl groups is 2. The average Bonchev–Trinajstić information content (AvgIpc) is 2.36. The minimum absolute atomic E-state index is 0.0371. The van der Waals surface area contributed by atoms with Gasteiger partial charge >= 0.3 is 0 Å². The van der Waals surface area contributed by atoms with E-state index in [9.17, 15) is 15.2 Å². The number of hydrogen-bond acceptors (Lipinski definition) is 5. The summed E-state index contributed by atoms with van der Waals surface area (Å²) >= 11 is 0. The highest BCUT2D eigenvalue weighted by molar-refractivity contribution is 5.35. The van der Waals surface area contributed by atoms with Crippen molar-refractivity contribution in [2.75, 3.05) is 13.2 Å². The van der Waals surface area contributed by atoms with Crippen molar-refractivity contribution >= 4 is 5.69 Å². The lowest BCUT2D eigenvalue weighted by Gasteiger charge is -2.23. The molecule has 0 spiro atoms. The summed E-state index contributed by atoms with van der Waals surface area (Å²) < 4.78 is 0. The monoisotopic (exact) mass is 254 g/mol. The van der Waals surface area contributed by atoms with Gasteiger partial charge in [-0.05, 0) is 19.4 Å². The fourth-order valence-corrected chi connectivity index (χ4v) is 1.45. The number of nitro groups is 1. The van der Waals surface area contributed by atoms with Gasteiger partial charge < -0.3 is 15.5 Å². The Morgan fingerprint density at radius 1 is 1.56 bits per heavy atom. The number of aliphatic hydroxyl groups excluding tert-OH is 1. The van der Waals surface area contributed by atoms with Crippen LogP contribution in [0.1, 0.15) is 25.5 Å². The second-order valence-electron chi connectivity index (χ2n) is 4.61. The van der Waals surface area contributed by atoms with Gasteiger partial charge in [0.1, 0.15) is 0 Å². The number of hydrogen-bond donors (Lipinski definition) is 3. The highest BCUT2D eigenvalue weighted by Crippen LogP contribution is 2.19. The van der Waals surface area contributed by atoms with Crippen LogP contribution in [0.2, 0.25) is 0 Å². The van der Waals surface area contributed by atoms with Crippen LogP contribution in [0.5, 0.6) is 0 Å². The molecule has 0 heterocycles. The topological polar surface area (TPSA) is 95.6 Å². The van der Waals surface area contributed by atoms with E-state index in [1.54, 1.807) is 12.1 Å². The van der Waals surface area contributed by atoms with Crippen molar-refractivity contribution in [2.45, 2.75) is 25.5 Å². The predicted molar refractivity (Wildman–Crippen MR) is 67.2 cm³/mol. The SMILES string of the molecule is CC(NCC(C)(O)CO)c1cccc([N+](=O)[O-])c1. The van der Waals surface area contributed by atoms with Crippen LogP contribution in [0.15, 0.2) is 24.3 Å². The van der Waals surface area contributed by atoms with Gasteiger partial charge in [0.25, 0.3) is 5.69 Å². The summed E-state index contributed by atoms with van der Waals surface area (Å²) in [4.78, 5) is 10.2. The van der Waals surface area contributed by atoms with Crippen LogP contribution in [0, 0.1) is 10.1 Å². The molecule has 3 N–H and O–H groups in total. The van der Waals surface area contributed by atoms with E-state index in [0.29, 0.717) is 0 Å². The maximum atomic E-state index is 10.7. The molecule has 0 saturated heterocycles. The van der Waals surface area contributed by atoms with E-state index in [2.05, 4.69) is 5.32 Å². The number of nitrogens with zero attached hydrogens (tertiary/aromatic N) is 1. The standard InChI is InChI=1S/C12H18N2O4/c1-9(13-7-12(2,16)8-15)10-4-3-5-11(6-10)14(17)18/h3-6,9,13,15-16H,7-8H2,1-2H3. The van der Waals surface area contributed by atoms with Crippen molar-refractivity contribution < 1.29 is 15.1 Å².